The number of nitrogens with one attached hydrogen (secondary N) is 1. The smallest absolute Gasteiger partial charge is 0.169 e. The van der Waals surface area contributed by atoms with Crippen LogP contribution in [0.1, 0.15) is 45.1 Å². The number of hydrogen-bond acceptors (Lipinski definition) is 4. The number of aliphatic imine (C=N–C) groups is 2. The Hall–Kier alpha value is -7.30. The van der Waals surface area contributed by atoms with Gasteiger partial charge in [-0.1, -0.05) is 194 Å². The van der Waals surface area contributed by atoms with E-state index in [9.17, 15) is 0 Å². The van der Waals surface area contributed by atoms with Crippen LogP contribution in [0.3, 0.4) is 0 Å². The van der Waals surface area contributed by atoms with Crippen LogP contribution in [-0.4, -0.2) is 11.7 Å². The lowest BCUT2D eigenvalue weighted by Crippen LogP contribution is -2.36. The molecule has 2 aliphatic heterocycles. The minimum absolute atomic E-state index is 0.424. The summed E-state index contributed by atoms with van der Waals surface area (Å²) in [5.41, 5.74) is 14.4. The topological polar surface area (TPSA) is 46.0 Å². The maximum atomic E-state index is 6.94. The van der Waals surface area contributed by atoms with Crippen molar-refractivity contribution < 1.29 is 4.74 Å². The molecule has 2 heterocycles. The van der Waals surface area contributed by atoms with Gasteiger partial charge in [0.1, 0.15) is 23.2 Å². The van der Waals surface area contributed by atoms with E-state index in [0.717, 1.165) is 62.1 Å². The van der Waals surface area contributed by atoms with Gasteiger partial charge in [0, 0.05) is 27.8 Å². The molecule has 3 aliphatic rings. The molecule has 11 rings (SSSR count). The summed E-state index contributed by atoms with van der Waals surface area (Å²) in [4.78, 5) is 10.3. The number of rotatable bonds is 5. The van der Waals surface area contributed by atoms with Crippen molar-refractivity contribution in [1.82, 2.24) is 5.32 Å². The molecule has 1 N–H and O–H groups in total. The number of para-hydroxylation sites is 2. The molecule has 0 fully saturated rings. The van der Waals surface area contributed by atoms with Gasteiger partial charge in [-0.2, -0.15) is 0 Å². The van der Waals surface area contributed by atoms with Crippen LogP contribution in [0.5, 0.6) is 11.5 Å². The third-order valence-corrected chi connectivity index (χ3v) is 11.4. The van der Waals surface area contributed by atoms with Gasteiger partial charge in [0.15, 0.2) is 6.17 Å². The molecule has 4 heteroatoms. The summed E-state index contributed by atoms with van der Waals surface area (Å²) in [6.45, 7) is 0. The zero-order valence-corrected chi connectivity index (χ0v) is 30.4. The molecule has 1 atom stereocenters. The first-order valence-electron chi connectivity index (χ1n) is 19.1. The normalized spacial score (nSPS) is 15.6. The van der Waals surface area contributed by atoms with Crippen molar-refractivity contribution in [1.29, 1.82) is 0 Å². The van der Waals surface area contributed by atoms with Crippen LogP contribution in [0.2, 0.25) is 0 Å². The average Bonchev–Trinajstić information content (AvgIpc) is 3.57. The summed E-state index contributed by atoms with van der Waals surface area (Å²) >= 11 is 0. The number of amidine groups is 2. The highest BCUT2D eigenvalue weighted by Crippen LogP contribution is 2.63. The third kappa shape index (κ3) is 5.00. The van der Waals surface area contributed by atoms with E-state index in [-0.39, 0.29) is 0 Å². The van der Waals surface area contributed by atoms with Crippen molar-refractivity contribution in [3.05, 3.63) is 239 Å². The summed E-state index contributed by atoms with van der Waals surface area (Å²) in [7, 11) is 0. The Kier molecular flexibility index (Phi) is 7.42. The fourth-order valence-corrected chi connectivity index (χ4v) is 8.88. The number of ether oxygens (including phenoxy) is 1. The molecule has 4 nitrogen and oxygen atoms in total. The lowest BCUT2D eigenvalue weighted by atomic mass is 9.65. The quantitative estimate of drug-likeness (QED) is 0.193. The number of hydrogen-bond donors (Lipinski definition) is 1. The molecule has 1 aliphatic carbocycles. The van der Waals surface area contributed by atoms with E-state index < -0.39 is 11.6 Å². The van der Waals surface area contributed by atoms with Crippen molar-refractivity contribution in [2.24, 2.45) is 9.98 Å². The lowest BCUT2D eigenvalue weighted by Gasteiger charge is -2.40. The van der Waals surface area contributed by atoms with Crippen molar-refractivity contribution in [2.75, 3.05) is 0 Å². The maximum absolute atomic E-state index is 6.94. The predicted molar refractivity (Wildman–Crippen MR) is 227 cm³/mol. The van der Waals surface area contributed by atoms with Crippen LogP contribution in [0, 0.1) is 0 Å². The fraction of sp³-hybridized carbons (Fsp3) is 0.0385. The minimum Gasteiger partial charge on any atom is -0.456 e. The molecular weight excluding hydrogens is 683 g/mol. The van der Waals surface area contributed by atoms with Crippen molar-refractivity contribution in [3.8, 4) is 44.9 Å². The molecule has 0 radical (unpaired) electrons. The van der Waals surface area contributed by atoms with Crippen molar-refractivity contribution in [2.45, 2.75) is 11.6 Å². The first-order valence-corrected chi connectivity index (χ1v) is 19.1. The molecule has 264 valence electrons. The molecule has 0 bridgehead atoms. The fourth-order valence-electron chi connectivity index (χ4n) is 8.88. The molecule has 0 saturated heterocycles. The summed E-state index contributed by atoms with van der Waals surface area (Å²) < 4.78 is 6.94. The second-order valence-electron chi connectivity index (χ2n) is 14.5. The Bertz CT molecular complexity index is 2800. The van der Waals surface area contributed by atoms with E-state index in [0.29, 0.717) is 0 Å². The Labute approximate surface area is 326 Å². The van der Waals surface area contributed by atoms with Crippen LogP contribution in [0.25, 0.3) is 33.4 Å². The average molecular weight is 718 g/mol. The second-order valence-corrected chi connectivity index (χ2v) is 14.5. The first-order chi connectivity index (χ1) is 27.8. The lowest BCUT2D eigenvalue weighted by molar-refractivity contribution is 0.438. The highest BCUT2D eigenvalue weighted by Gasteiger charge is 2.51. The zero-order chi connectivity index (χ0) is 37.1. The van der Waals surface area contributed by atoms with Crippen molar-refractivity contribution >= 4 is 11.7 Å². The van der Waals surface area contributed by atoms with Gasteiger partial charge in [-0.25, -0.2) is 9.98 Å². The monoisotopic (exact) mass is 717 g/mol. The summed E-state index contributed by atoms with van der Waals surface area (Å²) in [5.74, 6) is 3.35. The molecule has 0 amide bonds. The Morgan fingerprint density at radius 3 is 1.50 bits per heavy atom. The van der Waals surface area contributed by atoms with Gasteiger partial charge in [0.2, 0.25) is 0 Å². The number of nitrogens with zero attached hydrogens (tertiary/aromatic N) is 2. The van der Waals surface area contributed by atoms with Gasteiger partial charge in [-0.3, -0.25) is 0 Å². The van der Waals surface area contributed by atoms with E-state index >= 15 is 0 Å². The van der Waals surface area contributed by atoms with Crippen LogP contribution in [0.15, 0.2) is 210 Å². The van der Waals surface area contributed by atoms with Crippen LogP contribution >= 0.6 is 0 Å². The standard InChI is InChI=1S/C52H35N3O/c1-3-14-34(15-4-1)35-26-30-38(31-27-35)50-53-49(37-16-5-2-6-17-37)54-51(55-50)39-32-28-36(29-33-39)40-20-13-24-46-48(40)56-47-25-12-11-23-45(47)52(46)43-21-9-7-18-41(43)42-19-8-10-22-44(42)52/h1-33,51H,(H,53,54,55). The highest BCUT2D eigenvalue weighted by molar-refractivity contribution is 6.16. The molecule has 56 heavy (non-hydrogen) atoms. The van der Waals surface area contributed by atoms with E-state index in [1.165, 1.54) is 33.4 Å². The zero-order valence-electron chi connectivity index (χ0n) is 30.4. The van der Waals surface area contributed by atoms with Gasteiger partial charge in [-0.05, 0) is 50.6 Å². The molecule has 1 unspecified atom stereocenters. The molecule has 1 spiro atoms. The van der Waals surface area contributed by atoms with E-state index in [1.807, 2.05) is 24.3 Å². The minimum atomic E-state index is -0.505. The Morgan fingerprint density at radius 1 is 0.375 bits per heavy atom. The van der Waals surface area contributed by atoms with Crippen molar-refractivity contribution in [3.63, 3.8) is 0 Å². The largest absolute Gasteiger partial charge is 0.456 e. The highest BCUT2D eigenvalue weighted by atomic mass is 16.5. The predicted octanol–water partition coefficient (Wildman–Crippen LogP) is 12.0. The number of fused-ring (bicyclic) bond motifs is 9. The summed E-state index contributed by atoms with van der Waals surface area (Å²) in [6, 6.07) is 70.8. The van der Waals surface area contributed by atoms with Gasteiger partial charge in [0.25, 0.3) is 0 Å². The van der Waals surface area contributed by atoms with E-state index in [2.05, 4.69) is 181 Å². The molecule has 8 aromatic rings. The maximum Gasteiger partial charge on any atom is 0.169 e. The summed E-state index contributed by atoms with van der Waals surface area (Å²) in [6.07, 6.45) is -0.424. The third-order valence-electron chi connectivity index (χ3n) is 11.4. The molecule has 8 aromatic carbocycles. The van der Waals surface area contributed by atoms with Gasteiger partial charge < -0.3 is 10.1 Å². The summed E-state index contributed by atoms with van der Waals surface area (Å²) in [5, 5.41) is 3.55. The number of benzene rings is 8. The second kappa shape index (κ2) is 12.9. The Balaban J connectivity index is 1.00. The van der Waals surface area contributed by atoms with Gasteiger partial charge in [-0.15, -0.1) is 0 Å². The molecule has 0 aromatic heterocycles. The first kappa shape index (κ1) is 32.2. The van der Waals surface area contributed by atoms with Gasteiger partial charge in [0.05, 0.1) is 5.41 Å². The van der Waals surface area contributed by atoms with Crippen LogP contribution in [-0.2, 0) is 5.41 Å². The van der Waals surface area contributed by atoms with E-state index in [1.54, 1.807) is 0 Å². The van der Waals surface area contributed by atoms with Crippen LogP contribution in [0.4, 0.5) is 0 Å². The SMILES string of the molecule is c1ccc(C2=NC(c3ccc(-c4cccc5c4Oc4ccccc4C54c5ccccc5-c5ccccc54)cc3)N=C(c3ccc(-c4ccccc4)cc3)N2)cc1. The van der Waals surface area contributed by atoms with E-state index in [4.69, 9.17) is 14.7 Å². The Morgan fingerprint density at radius 2 is 0.839 bits per heavy atom. The molecule has 0 saturated carbocycles. The van der Waals surface area contributed by atoms with Crippen LogP contribution < -0.4 is 10.1 Å². The van der Waals surface area contributed by atoms with Gasteiger partial charge >= 0.3 is 0 Å². The molecular formula is C52H35N3O.